The second-order valence-corrected chi connectivity index (χ2v) is 9.35. The minimum Gasteiger partial charge on any atom is -0.378 e. The van der Waals surface area contributed by atoms with Crippen LogP contribution in [0.15, 0.2) is 78.7 Å². The van der Waals surface area contributed by atoms with Crippen LogP contribution < -0.4 is 5.32 Å². The summed E-state index contributed by atoms with van der Waals surface area (Å²) in [4.78, 5) is 4.23. The number of nitrogens with zero attached hydrogens (tertiary/aromatic N) is 3. The Morgan fingerprint density at radius 3 is 2.64 bits per heavy atom. The largest absolute Gasteiger partial charge is 0.378 e. The van der Waals surface area contributed by atoms with E-state index in [-0.39, 0.29) is 6.04 Å². The van der Waals surface area contributed by atoms with Crippen molar-refractivity contribution in [1.82, 2.24) is 20.1 Å². The van der Waals surface area contributed by atoms with Crippen LogP contribution in [0.3, 0.4) is 0 Å². The molecule has 172 valence electrons. The molecule has 0 fully saturated rings. The van der Waals surface area contributed by atoms with Gasteiger partial charge in [-0.2, -0.15) is 5.10 Å². The maximum absolute atomic E-state index is 11.9. The maximum atomic E-state index is 11.9. The molecule has 0 aliphatic heterocycles. The Labute approximate surface area is 203 Å². The third-order valence-corrected chi connectivity index (χ3v) is 6.42. The summed E-state index contributed by atoms with van der Waals surface area (Å²) in [7, 11) is -1.14. The van der Waals surface area contributed by atoms with Gasteiger partial charge in [0.15, 0.2) is 0 Å². The molecule has 7 heteroatoms. The molecule has 33 heavy (non-hydrogen) atoms. The number of aromatic nitrogens is 3. The predicted octanol–water partition coefficient (Wildman–Crippen LogP) is 6.35. The number of nitrogens with one attached hydrogen (secondary N) is 1. The first kappa shape index (κ1) is 24.7. The molecule has 0 aliphatic rings. The minimum atomic E-state index is -1.14. The van der Waals surface area contributed by atoms with Crippen molar-refractivity contribution in [2.24, 2.45) is 0 Å². The van der Waals surface area contributed by atoms with Crippen molar-refractivity contribution in [3.05, 3.63) is 95.6 Å². The normalized spacial score (nSPS) is 13.4. The van der Waals surface area contributed by atoms with Crippen molar-refractivity contribution < 1.29 is 4.21 Å². The van der Waals surface area contributed by atoms with Crippen LogP contribution in [-0.2, 0) is 10.8 Å². The van der Waals surface area contributed by atoms with Gasteiger partial charge >= 0.3 is 0 Å². The number of hydrogen-bond acceptors (Lipinski definition) is 4. The van der Waals surface area contributed by atoms with E-state index < -0.39 is 10.8 Å². The van der Waals surface area contributed by atoms with E-state index in [1.807, 2.05) is 60.3 Å². The summed E-state index contributed by atoms with van der Waals surface area (Å²) < 4.78 is 13.8. The molecule has 0 saturated carbocycles. The zero-order chi connectivity index (χ0) is 24.0. The molecule has 0 bridgehead atoms. The van der Waals surface area contributed by atoms with Crippen LogP contribution in [0.2, 0.25) is 5.02 Å². The molecule has 1 aromatic carbocycles. The molecule has 0 amide bonds. The molecule has 0 radical (unpaired) electrons. The van der Waals surface area contributed by atoms with E-state index in [2.05, 4.69) is 35.5 Å². The zero-order valence-electron chi connectivity index (χ0n) is 19.2. The molecule has 3 aromatic rings. The van der Waals surface area contributed by atoms with Crippen LogP contribution in [0, 0.1) is 0 Å². The fraction of sp³-hybridized carbons (Fsp3) is 0.231. The fourth-order valence-electron chi connectivity index (χ4n) is 3.74. The highest BCUT2D eigenvalue weighted by Crippen LogP contribution is 2.30. The summed E-state index contributed by atoms with van der Waals surface area (Å²) in [6.45, 7) is 12.5. The van der Waals surface area contributed by atoms with E-state index in [4.69, 9.17) is 11.6 Å². The molecule has 2 heterocycles. The molecule has 0 saturated heterocycles. The van der Waals surface area contributed by atoms with Gasteiger partial charge in [-0.3, -0.25) is 4.21 Å². The molecule has 3 rings (SSSR count). The van der Waals surface area contributed by atoms with Crippen LogP contribution >= 0.6 is 11.6 Å². The van der Waals surface area contributed by atoms with E-state index in [1.54, 1.807) is 18.5 Å². The van der Waals surface area contributed by atoms with Gasteiger partial charge in [0.25, 0.3) is 0 Å². The zero-order valence-corrected chi connectivity index (χ0v) is 20.8. The standard InChI is InChI=1S/C26H29ClN4OS/c1-6-9-24(19-14-15-28-26(16-19)33(5)32)30-18(4)22(7-2)23-17-29-31(25(23)8-3)21-12-10-20(27)11-13-21/h7-8,10-17,24,30H,3-4,6,9H2,1-2,5H3/b22-7-. The Morgan fingerprint density at radius 2 is 2.03 bits per heavy atom. The highest BCUT2D eigenvalue weighted by atomic mass is 35.5. The average Bonchev–Trinajstić information content (AvgIpc) is 3.23. The number of hydrogen-bond donors (Lipinski definition) is 1. The lowest BCUT2D eigenvalue weighted by molar-refractivity contribution is 0.551. The van der Waals surface area contributed by atoms with Gasteiger partial charge in [0.1, 0.15) is 5.03 Å². The molecule has 2 unspecified atom stereocenters. The van der Waals surface area contributed by atoms with E-state index in [0.717, 1.165) is 46.6 Å². The smallest absolute Gasteiger partial charge is 0.127 e. The van der Waals surface area contributed by atoms with Gasteiger partial charge in [0, 0.05) is 34.3 Å². The van der Waals surface area contributed by atoms with Crippen molar-refractivity contribution >= 4 is 34.0 Å². The number of benzene rings is 1. The molecule has 2 atom stereocenters. The van der Waals surface area contributed by atoms with Gasteiger partial charge in [-0.25, -0.2) is 9.67 Å². The Morgan fingerprint density at radius 1 is 1.30 bits per heavy atom. The molecule has 1 N–H and O–H groups in total. The molecule has 0 aliphatic carbocycles. The Balaban J connectivity index is 1.92. The summed E-state index contributed by atoms with van der Waals surface area (Å²) in [6, 6.07) is 11.4. The van der Waals surface area contributed by atoms with Crippen LogP contribution in [0.1, 0.15) is 49.6 Å². The van der Waals surface area contributed by atoms with Crippen LogP contribution in [0.4, 0.5) is 0 Å². The highest BCUT2D eigenvalue weighted by molar-refractivity contribution is 7.84. The van der Waals surface area contributed by atoms with Crippen LogP contribution in [0.5, 0.6) is 0 Å². The van der Waals surface area contributed by atoms with Gasteiger partial charge in [0.05, 0.1) is 34.4 Å². The SMILES string of the molecule is C=Cc1c(/C(=C\C)C(=C)NC(CCC)c2ccnc(S(C)=O)c2)cnn1-c1ccc(Cl)cc1. The first-order valence-corrected chi connectivity index (χ1v) is 12.7. The number of pyridine rings is 1. The topological polar surface area (TPSA) is 59.8 Å². The molecule has 5 nitrogen and oxygen atoms in total. The maximum Gasteiger partial charge on any atom is 0.127 e. The summed E-state index contributed by atoms with van der Waals surface area (Å²) in [5, 5.41) is 9.42. The van der Waals surface area contributed by atoms with Gasteiger partial charge in [-0.15, -0.1) is 0 Å². The summed E-state index contributed by atoms with van der Waals surface area (Å²) >= 11 is 6.04. The third kappa shape index (κ3) is 5.70. The van der Waals surface area contributed by atoms with E-state index >= 15 is 0 Å². The predicted molar refractivity (Wildman–Crippen MR) is 139 cm³/mol. The lowest BCUT2D eigenvalue weighted by atomic mass is 9.99. The van der Waals surface area contributed by atoms with Crippen molar-refractivity contribution in [2.45, 2.75) is 37.8 Å². The van der Waals surface area contributed by atoms with Crippen molar-refractivity contribution in [3.63, 3.8) is 0 Å². The average molecular weight is 481 g/mol. The summed E-state index contributed by atoms with van der Waals surface area (Å²) in [6.07, 6.45) is 10.9. The summed E-state index contributed by atoms with van der Waals surface area (Å²) in [5.41, 5.74) is 5.46. The van der Waals surface area contributed by atoms with E-state index in [1.165, 1.54) is 0 Å². The van der Waals surface area contributed by atoms with Crippen LogP contribution in [0.25, 0.3) is 17.3 Å². The third-order valence-electron chi connectivity index (χ3n) is 5.36. The Kier molecular flexibility index (Phi) is 8.42. The quantitative estimate of drug-likeness (QED) is 0.343. The number of rotatable bonds is 10. The van der Waals surface area contributed by atoms with Crippen LogP contribution in [-0.4, -0.2) is 25.2 Å². The lowest BCUT2D eigenvalue weighted by Crippen LogP contribution is -2.21. The van der Waals surface area contributed by atoms with Crippen molar-refractivity contribution in [2.75, 3.05) is 6.26 Å². The first-order valence-electron chi connectivity index (χ1n) is 10.8. The lowest BCUT2D eigenvalue weighted by Gasteiger charge is -2.23. The van der Waals surface area contributed by atoms with Gasteiger partial charge in [-0.05, 0) is 61.4 Å². The molecule has 0 spiro atoms. The van der Waals surface area contributed by atoms with E-state index in [0.29, 0.717) is 10.0 Å². The fourth-order valence-corrected chi connectivity index (χ4v) is 4.38. The summed E-state index contributed by atoms with van der Waals surface area (Å²) in [5.74, 6) is 0. The Bertz CT molecular complexity index is 1200. The van der Waals surface area contributed by atoms with Gasteiger partial charge < -0.3 is 5.32 Å². The Hall–Kier alpha value is -2.96. The number of allylic oxidation sites excluding steroid dienone is 2. The first-order chi connectivity index (χ1) is 15.9. The second-order valence-electron chi connectivity index (χ2n) is 7.58. The van der Waals surface area contributed by atoms with Gasteiger partial charge in [0.2, 0.25) is 0 Å². The van der Waals surface area contributed by atoms with Crippen molar-refractivity contribution in [3.8, 4) is 5.69 Å². The number of halogens is 1. The monoisotopic (exact) mass is 480 g/mol. The highest BCUT2D eigenvalue weighted by Gasteiger charge is 2.19. The molecular weight excluding hydrogens is 452 g/mol. The van der Waals surface area contributed by atoms with Gasteiger partial charge in [-0.1, -0.05) is 44.2 Å². The molecular formula is C26H29ClN4OS. The minimum absolute atomic E-state index is 0.0150. The van der Waals surface area contributed by atoms with Crippen molar-refractivity contribution in [1.29, 1.82) is 0 Å². The second kappa shape index (κ2) is 11.3. The molecule has 2 aromatic heterocycles. The van der Waals surface area contributed by atoms with E-state index in [9.17, 15) is 4.21 Å².